The summed E-state index contributed by atoms with van der Waals surface area (Å²) in [5.41, 5.74) is 9.30. The van der Waals surface area contributed by atoms with Crippen molar-refractivity contribution < 1.29 is 0 Å². The quantitative estimate of drug-likeness (QED) is 0.527. The maximum absolute atomic E-state index is 2.45. The first kappa shape index (κ1) is 15.9. The fourth-order valence-electron chi connectivity index (χ4n) is 3.59. The van der Waals surface area contributed by atoms with Crippen LogP contribution in [0, 0.1) is 0 Å². The molecule has 2 aromatic carbocycles. The van der Waals surface area contributed by atoms with Crippen molar-refractivity contribution >= 4 is 22.0 Å². The van der Waals surface area contributed by atoms with Crippen LogP contribution in [-0.4, -0.2) is 17.7 Å². The monoisotopic (exact) mass is 284 g/mol. The Morgan fingerprint density at radius 1 is 0.909 bits per heavy atom. The Morgan fingerprint density at radius 2 is 1.59 bits per heavy atom. The van der Waals surface area contributed by atoms with Crippen LogP contribution < -0.4 is 4.24 Å². The second-order valence-electron chi connectivity index (χ2n) is 8.84. The molecule has 0 fully saturated rings. The minimum atomic E-state index is 0.179. The molecule has 22 heavy (non-hydrogen) atoms. The Hall–Kier alpha value is -0.963. The summed E-state index contributed by atoms with van der Waals surface area (Å²) in [6.45, 7) is 13.9. The van der Waals surface area contributed by atoms with Gasteiger partial charge >= 0.3 is 144 Å². The summed E-state index contributed by atoms with van der Waals surface area (Å²) < 4.78 is 1.44. The van der Waals surface area contributed by atoms with Gasteiger partial charge in [-0.1, -0.05) is 0 Å². The van der Waals surface area contributed by atoms with Crippen molar-refractivity contribution in [2.45, 2.75) is 58.8 Å². The van der Waals surface area contributed by atoms with Crippen LogP contribution in [0.3, 0.4) is 0 Å². The van der Waals surface area contributed by atoms with Crippen molar-refractivity contribution in [1.29, 1.82) is 0 Å². The molecule has 0 unspecified atom stereocenters. The molecule has 0 aliphatic heterocycles. The van der Waals surface area contributed by atoms with E-state index in [4.69, 9.17) is 0 Å². The predicted molar refractivity (Wildman–Crippen MR) is 97.5 cm³/mol. The molecule has 0 spiro atoms. The van der Waals surface area contributed by atoms with E-state index in [9.17, 15) is 0 Å². The van der Waals surface area contributed by atoms with E-state index in [1.54, 1.807) is 0 Å². The molecule has 0 heterocycles. The zero-order valence-corrected chi connectivity index (χ0v) is 15.1. The Balaban J connectivity index is 2.31. The van der Waals surface area contributed by atoms with E-state index in [1.165, 1.54) is 37.6 Å². The van der Waals surface area contributed by atoms with Gasteiger partial charge in [-0.2, -0.15) is 0 Å². The van der Waals surface area contributed by atoms with Gasteiger partial charge in [-0.05, 0) is 0 Å². The molecule has 0 saturated carbocycles. The molecule has 0 nitrogen and oxygen atoms in total. The van der Waals surface area contributed by atoms with Crippen molar-refractivity contribution in [2.24, 2.45) is 0 Å². The van der Waals surface area contributed by atoms with E-state index in [0.717, 1.165) is 6.42 Å². The van der Waals surface area contributed by atoms with Gasteiger partial charge in [-0.25, -0.2) is 0 Å². The fraction of sp³-hybridized carbons (Fsp3) is 0.429. The Labute approximate surface area is 144 Å². The molecule has 3 rings (SSSR count). The summed E-state index contributed by atoms with van der Waals surface area (Å²) in [5, 5.41) is 0. The summed E-state index contributed by atoms with van der Waals surface area (Å²) in [4.78, 5) is 0. The number of rotatable bonds is 0. The molecule has 0 bridgehead atoms. The van der Waals surface area contributed by atoms with Crippen molar-refractivity contribution in [3.8, 4) is 11.1 Å². The van der Waals surface area contributed by atoms with Crippen molar-refractivity contribution in [1.82, 2.24) is 0 Å². The molecule has 110 valence electrons. The van der Waals surface area contributed by atoms with Crippen LogP contribution in [0.1, 0.15) is 63.8 Å². The zero-order valence-electron chi connectivity index (χ0n) is 15.1. The third-order valence-corrected chi connectivity index (χ3v) is 4.93. The second kappa shape index (κ2) is 5.02. The molecule has 1 aliphatic rings. The Kier molecular flexibility index (Phi) is 3.63. The molecule has 2 aromatic rings. The van der Waals surface area contributed by atoms with Crippen molar-refractivity contribution in [3.05, 3.63) is 52.6 Å². The van der Waals surface area contributed by atoms with E-state index in [0.29, 0.717) is 0 Å². The van der Waals surface area contributed by atoms with Crippen LogP contribution >= 0.6 is 0 Å². The van der Waals surface area contributed by atoms with Gasteiger partial charge in [0.05, 0.1) is 0 Å². The number of benzene rings is 2. The molecule has 0 saturated heterocycles. The summed E-state index contributed by atoms with van der Waals surface area (Å²) in [5.74, 6) is 0. The first-order valence-corrected chi connectivity index (χ1v) is 8.36. The van der Waals surface area contributed by atoms with Gasteiger partial charge in [0.15, 0.2) is 0 Å². The molecular formula is C21H25Li. The topological polar surface area (TPSA) is 0 Å². The van der Waals surface area contributed by atoms with Crippen molar-refractivity contribution in [3.63, 3.8) is 0 Å². The molecule has 1 aliphatic carbocycles. The molecule has 0 atom stereocenters. The van der Waals surface area contributed by atoms with E-state index in [1.807, 2.05) is 0 Å². The van der Waals surface area contributed by atoms with Gasteiger partial charge < -0.3 is 0 Å². The van der Waals surface area contributed by atoms with Crippen LogP contribution in [0.4, 0.5) is 0 Å². The van der Waals surface area contributed by atoms with Crippen LogP contribution in [-0.2, 0) is 17.3 Å². The number of fused-ring (bicyclic) bond motifs is 3. The zero-order chi connectivity index (χ0) is 16.3. The molecule has 1 heteroatoms. The van der Waals surface area contributed by atoms with Gasteiger partial charge in [0.25, 0.3) is 0 Å². The van der Waals surface area contributed by atoms with Crippen molar-refractivity contribution in [2.75, 3.05) is 0 Å². The summed E-state index contributed by atoms with van der Waals surface area (Å²) >= 11 is 2.27. The third-order valence-electron chi connectivity index (χ3n) is 4.93. The Morgan fingerprint density at radius 3 is 2.18 bits per heavy atom. The Bertz CT molecular complexity index is 740. The number of hydrogen-bond acceptors (Lipinski definition) is 0. The van der Waals surface area contributed by atoms with E-state index >= 15 is 0 Å². The van der Waals surface area contributed by atoms with Gasteiger partial charge in [-0.3, -0.25) is 0 Å². The van der Waals surface area contributed by atoms with Crippen LogP contribution in [0.2, 0.25) is 0 Å². The average Bonchev–Trinajstić information content (AvgIpc) is 2.75. The standard InChI is InChI=1S/C21H25.Li/c1-20(2,3)16-11-10-14-12-15-8-7-9-18(21(4,5)6)19(15)17(14)13-16;/h7-9,11,13H,12H2,1-6H3;. The summed E-state index contributed by atoms with van der Waals surface area (Å²) in [7, 11) is 0. The molecular weight excluding hydrogens is 259 g/mol. The van der Waals surface area contributed by atoms with Gasteiger partial charge in [0.2, 0.25) is 0 Å². The van der Waals surface area contributed by atoms with E-state index in [-0.39, 0.29) is 10.8 Å². The molecule has 0 radical (unpaired) electrons. The normalized spacial score (nSPS) is 14.0. The fourth-order valence-corrected chi connectivity index (χ4v) is 3.59. The van der Waals surface area contributed by atoms with Crippen LogP contribution in [0.15, 0.2) is 30.3 Å². The summed E-state index contributed by atoms with van der Waals surface area (Å²) in [6, 6.07) is 11.7. The van der Waals surface area contributed by atoms with Crippen LogP contribution in [0.25, 0.3) is 11.1 Å². The third kappa shape index (κ3) is 2.58. The van der Waals surface area contributed by atoms with Crippen LogP contribution in [0.5, 0.6) is 0 Å². The second-order valence-corrected chi connectivity index (χ2v) is 8.84. The van der Waals surface area contributed by atoms with Gasteiger partial charge in [0.1, 0.15) is 0 Å². The first-order chi connectivity index (χ1) is 10.1. The first-order valence-electron chi connectivity index (χ1n) is 8.36. The number of hydrogen-bond donors (Lipinski definition) is 0. The predicted octanol–water partition coefficient (Wildman–Crippen LogP) is 4.65. The van der Waals surface area contributed by atoms with E-state index in [2.05, 4.69) is 89.6 Å². The van der Waals surface area contributed by atoms with E-state index < -0.39 is 0 Å². The van der Waals surface area contributed by atoms with Gasteiger partial charge in [0, 0.05) is 0 Å². The average molecular weight is 284 g/mol. The maximum atomic E-state index is 2.45. The minimum absolute atomic E-state index is 0.179. The molecule has 0 N–H and O–H groups in total. The molecule has 0 aromatic heterocycles. The summed E-state index contributed by atoms with van der Waals surface area (Å²) in [6.07, 6.45) is 1.09. The SMILES string of the molecule is [Li][c]1cc(C(C)(C)C)cc2c1Cc1cccc(C(C)(C)C)c1-2. The molecule has 0 amide bonds. The van der Waals surface area contributed by atoms with Gasteiger partial charge in [-0.15, -0.1) is 0 Å².